The van der Waals surface area contributed by atoms with Crippen molar-refractivity contribution in [2.24, 2.45) is 0 Å². The Morgan fingerprint density at radius 2 is 1.94 bits per heavy atom. The van der Waals surface area contributed by atoms with Crippen molar-refractivity contribution in [1.29, 1.82) is 0 Å². The largest absolute Gasteiger partial charge is 0.384 e. The predicted molar refractivity (Wildman–Crippen MR) is 75.4 cm³/mol. The molecular formula is C15H21N3. The molecule has 1 aromatic carbocycles. The molecule has 0 amide bonds. The molecule has 0 unspecified atom stereocenters. The number of aromatic nitrogens is 2. The molecule has 0 saturated heterocycles. The third-order valence-corrected chi connectivity index (χ3v) is 3.20. The highest BCUT2D eigenvalue weighted by Gasteiger charge is 2.07. The van der Waals surface area contributed by atoms with Gasteiger partial charge in [-0.2, -0.15) is 0 Å². The number of benzene rings is 1. The Bertz CT molecular complexity index is 474. The molecule has 2 rings (SSSR count). The smallest absolute Gasteiger partial charge is 0.126 e. The van der Waals surface area contributed by atoms with Crippen molar-refractivity contribution in [2.45, 2.75) is 39.2 Å². The molecule has 2 aromatic rings. The zero-order chi connectivity index (χ0) is 12.8. The van der Waals surface area contributed by atoms with E-state index in [0.717, 1.165) is 37.3 Å². The van der Waals surface area contributed by atoms with Gasteiger partial charge in [0.25, 0.3) is 0 Å². The zero-order valence-corrected chi connectivity index (χ0v) is 11.0. The quantitative estimate of drug-likeness (QED) is 0.847. The van der Waals surface area contributed by atoms with E-state index < -0.39 is 0 Å². The van der Waals surface area contributed by atoms with E-state index >= 15 is 0 Å². The highest BCUT2D eigenvalue weighted by molar-refractivity contribution is 5.36. The summed E-state index contributed by atoms with van der Waals surface area (Å²) in [4.78, 5) is 4.42. The van der Waals surface area contributed by atoms with Crippen molar-refractivity contribution in [2.75, 3.05) is 5.73 Å². The first-order valence-electron chi connectivity index (χ1n) is 6.64. The number of hydrogen-bond acceptors (Lipinski definition) is 2. The van der Waals surface area contributed by atoms with Crippen molar-refractivity contribution < 1.29 is 0 Å². The number of imidazole rings is 1. The molecule has 18 heavy (non-hydrogen) atoms. The fraction of sp³-hybridized carbons (Fsp3) is 0.400. The van der Waals surface area contributed by atoms with Gasteiger partial charge in [-0.1, -0.05) is 43.7 Å². The van der Waals surface area contributed by atoms with Crippen LogP contribution in [0.1, 0.15) is 31.0 Å². The van der Waals surface area contributed by atoms with Crippen LogP contribution in [0.2, 0.25) is 0 Å². The molecule has 0 aliphatic carbocycles. The summed E-state index contributed by atoms with van der Waals surface area (Å²) in [5.41, 5.74) is 8.47. The van der Waals surface area contributed by atoms with Crippen LogP contribution in [0.15, 0.2) is 36.7 Å². The van der Waals surface area contributed by atoms with Gasteiger partial charge < -0.3 is 10.3 Å². The van der Waals surface area contributed by atoms with E-state index in [0.29, 0.717) is 0 Å². The van der Waals surface area contributed by atoms with Crippen molar-refractivity contribution in [3.8, 4) is 0 Å². The summed E-state index contributed by atoms with van der Waals surface area (Å²) >= 11 is 0. The van der Waals surface area contributed by atoms with Gasteiger partial charge >= 0.3 is 0 Å². The van der Waals surface area contributed by atoms with Crippen LogP contribution in [0.4, 0.5) is 5.82 Å². The van der Waals surface area contributed by atoms with Crippen LogP contribution >= 0.6 is 0 Å². The number of nitrogen functional groups attached to an aromatic ring is 1. The minimum atomic E-state index is 0.833. The maximum absolute atomic E-state index is 6.11. The van der Waals surface area contributed by atoms with Gasteiger partial charge in [0, 0.05) is 6.54 Å². The minimum Gasteiger partial charge on any atom is -0.384 e. The van der Waals surface area contributed by atoms with E-state index in [1.807, 2.05) is 12.4 Å². The van der Waals surface area contributed by atoms with E-state index in [1.54, 1.807) is 0 Å². The van der Waals surface area contributed by atoms with Gasteiger partial charge in [0.05, 0.1) is 12.0 Å². The van der Waals surface area contributed by atoms with Crippen LogP contribution < -0.4 is 5.73 Å². The van der Waals surface area contributed by atoms with Gasteiger partial charge in [-0.15, -0.1) is 0 Å². The Morgan fingerprint density at radius 1 is 1.17 bits per heavy atom. The molecule has 0 radical (unpaired) electrons. The number of anilines is 1. The van der Waals surface area contributed by atoms with Crippen molar-refractivity contribution in [3.05, 3.63) is 47.9 Å². The lowest BCUT2D eigenvalue weighted by atomic mass is 10.1. The predicted octanol–water partition coefficient (Wildman–Crippen LogP) is 3.05. The van der Waals surface area contributed by atoms with Crippen LogP contribution in [-0.4, -0.2) is 9.55 Å². The maximum Gasteiger partial charge on any atom is 0.126 e. The fourth-order valence-electron chi connectivity index (χ4n) is 2.04. The number of nitrogens with zero attached hydrogens (tertiary/aromatic N) is 2. The van der Waals surface area contributed by atoms with E-state index in [1.165, 1.54) is 12.0 Å². The summed E-state index contributed by atoms with van der Waals surface area (Å²) in [6.07, 6.45) is 6.10. The molecule has 1 heterocycles. The van der Waals surface area contributed by atoms with Crippen LogP contribution in [0.5, 0.6) is 0 Å². The van der Waals surface area contributed by atoms with E-state index in [9.17, 15) is 0 Å². The van der Waals surface area contributed by atoms with Crippen LogP contribution in [0.3, 0.4) is 0 Å². The fourth-order valence-corrected chi connectivity index (χ4v) is 2.04. The molecule has 3 nitrogen and oxygen atoms in total. The van der Waals surface area contributed by atoms with Crippen LogP contribution in [0, 0.1) is 0 Å². The van der Waals surface area contributed by atoms with Gasteiger partial charge in [0.2, 0.25) is 0 Å². The van der Waals surface area contributed by atoms with Gasteiger partial charge in [0.1, 0.15) is 5.82 Å². The average Bonchev–Trinajstić information content (AvgIpc) is 2.76. The Hall–Kier alpha value is -1.77. The Labute approximate surface area is 109 Å². The van der Waals surface area contributed by atoms with Crippen LogP contribution in [-0.2, 0) is 19.4 Å². The molecule has 0 fully saturated rings. The second kappa shape index (κ2) is 6.24. The standard InChI is InChI=1S/C15H21N3/c1-2-3-11-18-12-17-14(15(18)16)10-9-13-7-5-4-6-8-13/h4-8,12H,2-3,9-11,16H2,1H3. The topological polar surface area (TPSA) is 43.8 Å². The van der Waals surface area contributed by atoms with Crippen LogP contribution in [0.25, 0.3) is 0 Å². The van der Waals surface area contributed by atoms with Crippen molar-refractivity contribution >= 4 is 5.82 Å². The molecule has 2 N–H and O–H groups in total. The number of aryl methyl sites for hydroxylation is 3. The first-order chi connectivity index (χ1) is 8.81. The summed E-state index contributed by atoms with van der Waals surface area (Å²) in [5.74, 6) is 0.833. The van der Waals surface area contributed by atoms with Gasteiger partial charge in [-0.05, 0) is 24.8 Å². The SMILES string of the molecule is CCCCn1cnc(CCc2ccccc2)c1N. The molecule has 0 aliphatic rings. The summed E-state index contributed by atoms with van der Waals surface area (Å²) in [6.45, 7) is 3.16. The lowest BCUT2D eigenvalue weighted by Gasteiger charge is -2.04. The Kier molecular flexibility index (Phi) is 4.40. The average molecular weight is 243 g/mol. The zero-order valence-electron chi connectivity index (χ0n) is 11.0. The number of rotatable bonds is 6. The summed E-state index contributed by atoms with van der Waals surface area (Å²) < 4.78 is 2.06. The first kappa shape index (κ1) is 12.7. The molecule has 0 aliphatic heterocycles. The van der Waals surface area contributed by atoms with E-state index in [4.69, 9.17) is 5.73 Å². The maximum atomic E-state index is 6.11. The first-order valence-corrected chi connectivity index (χ1v) is 6.64. The third kappa shape index (κ3) is 3.13. The van der Waals surface area contributed by atoms with E-state index in [-0.39, 0.29) is 0 Å². The molecule has 0 atom stereocenters. The summed E-state index contributed by atoms with van der Waals surface area (Å²) in [7, 11) is 0. The molecule has 3 heteroatoms. The second-order valence-corrected chi connectivity index (χ2v) is 4.61. The second-order valence-electron chi connectivity index (χ2n) is 4.61. The molecule has 0 bridgehead atoms. The number of unbranched alkanes of at least 4 members (excludes halogenated alkanes) is 1. The summed E-state index contributed by atoms with van der Waals surface area (Å²) in [5, 5.41) is 0. The summed E-state index contributed by atoms with van der Waals surface area (Å²) in [6, 6.07) is 10.5. The number of hydrogen-bond donors (Lipinski definition) is 1. The van der Waals surface area contributed by atoms with Crippen molar-refractivity contribution in [3.63, 3.8) is 0 Å². The lowest BCUT2D eigenvalue weighted by molar-refractivity contribution is 0.637. The monoisotopic (exact) mass is 243 g/mol. The minimum absolute atomic E-state index is 0.833. The number of nitrogens with two attached hydrogens (primary N) is 1. The van der Waals surface area contributed by atoms with Crippen molar-refractivity contribution in [1.82, 2.24) is 9.55 Å². The molecule has 1 aromatic heterocycles. The highest BCUT2D eigenvalue weighted by Crippen LogP contribution is 2.14. The third-order valence-electron chi connectivity index (χ3n) is 3.20. The molecule has 0 saturated carbocycles. The van der Waals surface area contributed by atoms with Gasteiger partial charge in [0.15, 0.2) is 0 Å². The van der Waals surface area contributed by atoms with E-state index in [2.05, 4.69) is 40.7 Å². The molecular weight excluding hydrogens is 222 g/mol. The molecule has 96 valence electrons. The highest BCUT2D eigenvalue weighted by atomic mass is 15.1. The molecule has 0 spiro atoms. The Morgan fingerprint density at radius 3 is 2.67 bits per heavy atom. The van der Waals surface area contributed by atoms with Gasteiger partial charge in [-0.3, -0.25) is 0 Å². The Balaban J connectivity index is 1.95. The normalized spacial score (nSPS) is 10.7. The lowest BCUT2D eigenvalue weighted by Crippen LogP contribution is -2.04. The van der Waals surface area contributed by atoms with Gasteiger partial charge in [-0.25, -0.2) is 4.98 Å².